The van der Waals surface area contributed by atoms with E-state index in [2.05, 4.69) is 35.2 Å². The van der Waals surface area contributed by atoms with Crippen molar-refractivity contribution in [3.8, 4) is 0 Å². The lowest BCUT2D eigenvalue weighted by Crippen LogP contribution is -2.46. The van der Waals surface area contributed by atoms with Crippen molar-refractivity contribution in [2.75, 3.05) is 32.4 Å². The van der Waals surface area contributed by atoms with E-state index in [-0.39, 0.29) is 0 Å². The van der Waals surface area contributed by atoms with Gasteiger partial charge in [-0.25, -0.2) is 0 Å². The Balaban J connectivity index is 1.71. The Labute approximate surface area is 111 Å². The molecular formula is C14H28N2S. The molecule has 0 unspecified atom stereocenters. The van der Waals surface area contributed by atoms with Crippen LogP contribution in [0.25, 0.3) is 0 Å². The van der Waals surface area contributed by atoms with Gasteiger partial charge in [-0.05, 0) is 51.6 Å². The zero-order valence-electron chi connectivity index (χ0n) is 11.5. The Bertz CT molecular complexity index is 218. The second kappa shape index (κ2) is 6.44. The average molecular weight is 256 g/mol. The first-order chi connectivity index (χ1) is 8.28. The van der Waals surface area contributed by atoms with Crippen LogP contribution < -0.4 is 5.32 Å². The van der Waals surface area contributed by atoms with Crippen molar-refractivity contribution in [2.24, 2.45) is 0 Å². The monoisotopic (exact) mass is 256 g/mol. The topological polar surface area (TPSA) is 15.3 Å². The summed E-state index contributed by atoms with van der Waals surface area (Å²) in [7, 11) is 0. The fourth-order valence-electron chi connectivity index (χ4n) is 3.26. The number of likely N-dealkylation sites (tertiary alicyclic amines) is 1. The van der Waals surface area contributed by atoms with Crippen molar-refractivity contribution in [1.82, 2.24) is 10.2 Å². The molecule has 17 heavy (non-hydrogen) atoms. The molecule has 0 aromatic rings. The normalized spacial score (nSPS) is 26.5. The van der Waals surface area contributed by atoms with Crippen LogP contribution in [-0.4, -0.2) is 48.1 Å². The number of piperidine rings is 1. The number of hydrogen-bond acceptors (Lipinski definition) is 3. The quantitative estimate of drug-likeness (QED) is 0.814. The third-order valence-corrected chi connectivity index (χ3v) is 6.11. The van der Waals surface area contributed by atoms with Gasteiger partial charge in [0.2, 0.25) is 0 Å². The van der Waals surface area contributed by atoms with E-state index in [9.17, 15) is 0 Å². The molecule has 2 fully saturated rings. The Hall–Kier alpha value is 0.270. The van der Waals surface area contributed by atoms with Crippen LogP contribution in [0.1, 0.15) is 45.4 Å². The van der Waals surface area contributed by atoms with E-state index in [1.165, 1.54) is 64.7 Å². The third kappa shape index (κ3) is 3.62. The lowest BCUT2D eigenvalue weighted by Gasteiger charge is -2.35. The summed E-state index contributed by atoms with van der Waals surface area (Å²) in [6.07, 6.45) is 10.7. The predicted molar refractivity (Wildman–Crippen MR) is 77.9 cm³/mol. The fraction of sp³-hybridized carbons (Fsp3) is 1.00. The van der Waals surface area contributed by atoms with Gasteiger partial charge in [-0.1, -0.05) is 19.8 Å². The minimum absolute atomic E-state index is 0.571. The van der Waals surface area contributed by atoms with Crippen LogP contribution in [0.3, 0.4) is 0 Å². The molecule has 2 rings (SSSR count). The van der Waals surface area contributed by atoms with Crippen molar-refractivity contribution >= 4 is 11.8 Å². The van der Waals surface area contributed by atoms with Crippen LogP contribution >= 0.6 is 11.8 Å². The number of nitrogens with zero attached hydrogens (tertiary/aromatic N) is 1. The maximum atomic E-state index is 3.85. The molecule has 2 nitrogen and oxygen atoms in total. The van der Waals surface area contributed by atoms with E-state index < -0.39 is 0 Å². The maximum Gasteiger partial charge on any atom is 0.0281 e. The predicted octanol–water partition coefficient (Wildman–Crippen LogP) is 2.74. The maximum absolute atomic E-state index is 3.85. The summed E-state index contributed by atoms with van der Waals surface area (Å²) < 4.78 is 0.571. The molecule has 1 aliphatic carbocycles. The van der Waals surface area contributed by atoms with Gasteiger partial charge in [0.25, 0.3) is 0 Å². The lowest BCUT2D eigenvalue weighted by atomic mass is 10.0. The van der Waals surface area contributed by atoms with Gasteiger partial charge in [0.1, 0.15) is 0 Å². The largest absolute Gasteiger partial charge is 0.313 e. The first-order valence-electron chi connectivity index (χ1n) is 7.29. The summed E-state index contributed by atoms with van der Waals surface area (Å²) in [6, 6.07) is 0.780. The molecule has 0 aromatic heterocycles. The molecule has 100 valence electrons. The van der Waals surface area contributed by atoms with E-state index in [0.717, 1.165) is 6.04 Å². The fourth-order valence-corrected chi connectivity index (χ4v) is 4.18. The van der Waals surface area contributed by atoms with Crippen molar-refractivity contribution in [3.05, 3.63) is 0 Å². The third-order valence-electron chi connectivity index (χ3n) is 4.70. The second-order valence-electron chi connectivity index (χ2n) is 5.68. The van der Waals surface area contributed by atoms with Crippen molar-refractivity contribution in [1.29, 1.82) is 0 Å². The number of thioether (sulfide) groups is 1. The van der Waals surface area contributed by atoms with E-state index in [1.807, 2.05) is 0 Å². The molecule has 0 bridgehead atoms. The molecule has 1 N–H and O–H groups in total. The van der Waals surface area contributed by atoms with E-state index in [0.29, 0.717) is 4.75 Å². The number of hydrogen-bond donors (Lipinski definition) is 1. The van der Waals surface area contributed by atoms with E-state index in [4.69, 9.17) is 0 Å². The smallest absolute Gasteiger partial charge is 0.0281 e. The van der Waals surface area contributed by atoms with Gasteiger partial charge in [0.05, 0.1) is 0 Å². The van der Waals surface area contributed by atoms with Gasteiger partial charge in [-0.3, -0.25) is 0 Å². The SMILES string of the molecule is CCN1CCC(NCC2(SC)CCCC2)CC1. The zero-order chi connectivity index (χ0) is 12.1. The molecule has 0 aromatic carbocycles. The minimum Gasteiger partial charge on any atom is -0.313 e. The summed E-state index contributed by atoms with van der Waals surface area (Å²) in [5.41, 5.74) is 0. The Kier molecular flexibility index (Phi) is 5.19. The first-order valence-corrected chi connectivity index (χ1v) is 8.51. The highest BCUT2D eigenvalue weighted by atomic mass is 32.2. The van der Waals surface area contributed by atoms with Gasteiger partial charge in [-0.2, -0.15) is 11.8 Å². The summed E-state index contributed by atoms with van der Waals surface area (Å²) >= 11 is 2.10. The molecule has 1 saturated heterocycles. The van der Waals surface area contributed by atoms with Gasteiger partial charge in [0.15, 0.2) is 0 Å². The second-order valence-corrected chi connectivity index (χ2v) is 6.96. The Morgan fingerprint density at radius 3 is 2.41 bits per heavy atom. The molecule has 2 aliphatic rings. The van der Waals surface area contributed by atoms with Crippen LogP contribution in [0, 0.1) is 0 Å². The van der Waals surface area contributed by atoms with Gasteiger partial charge in [-0.15, -0.1) is 0 Å². The summed E-state index contributed by atoms with van der Waals surface area (Å²) in [4.78, 5) is 2.57. The van der Waals surface area contributed by atoms with Gasteiger partial charge in [0, 0.05) is 17.3 Å². The Morgan fingerprint density at radius 1 is 1.24 bits per heavy atom. The molecule has 0 amide bonds. The molecule has 1 aliphatic heterocycles. The van der Waals surface area contributed by atoms with Crippen molar-refractivity contribution in [2.45, 2.75) is 56.2 Å². The number of rotatable bonds is 5. The highest BCUT2D eigenvalue weighted by Crippen LogP contribution is 2.39. The first kappa shape index (κ1) is 13.7. The number of nitrogens with one attached hydrogen (secondary N) is 1. The van der Waals surface area contributed by atoms with Crippen LogP contribution in [0.4, 0.5) is 0 Å². The van der Waals surface area contributed by atoms with Crippen molar-refractivity contribution < 1.29 is 0 Å². The van der Waals surface area contributed by atoms with Crippen LogP contribution in [-0.2, 0) is 0 Å². The zero-order valence-corrected chi connectivity index (χ0v) is 12.3. The van der Waals surface area contributed by atoms with Gasteiger partial charge < -0.3 is 10.2 Å². The standard InChI is InChI=1S/C14H28N2S/c1-3-16-10-6-13(7-11-16)15-12-14(17-2)8-4-5-9-14/h13,15H,3-12H2,1-2H3. The minimum atomic E-state index is 0.571. The molecule has 0 atom stereocenters. The van der Waals surface area contributed by atoms with Crippen LogP contribution in [0.2, 0.25) is 0 Å². The molecule has 0 spiro atoms. The van der Waals surface area contributed by atoms with Crippen molar-refractivity contribution in [3.63, 3.8) is 0 Å². The highest BCUT2D eigenvalue weighted by Gasteiger charge is 2.33. The summed E-state index contributed by atoms with van der Waals surface area (Å²) in [5.74, 6) is 0. The average Bonchev–Trinajstić information content (AvgIpc) is 2.86. The molecule has 0 radical (unpaired) electrons. The van der Waals surface area contributed by atoms with E-state index >= 15 is 0 Å². The van der Waals surface area contributed by atoms with E-state index in [1.54, 1.807) is 0 Å². The molecule has 1 saturated carbocycles. The van der Waals surface area contributed by atoms with Crippen LogP contribution in [0.15, 0.2) is 0 Å². The Morgan fingerprint density at radius 2 is 1.88 bits per heavy atom. The van der Waals surface area contributed by atoms with Gasteiger partial charge >= 0.3 is 0 Å². The highest BCUT2D eigenvalue weighted by molar-refractivity contribution is 8.00. The summed E-state index contributed by atoms with van der Waals surface area (Å²) in [5, 5.41) is 3.85. The summed E-state index contributed by atoms with van der Waals surface area (Å²) in [6.45, 7) is 7.32. The molecule has 1 heterocycles. The molecule has 3 heteroatoms. The van der Waals surface area contributed by atoms with Crippen LogP contribution in [0.5, 0.6) is 0 Å². The molecular weight excluding hydrogens is 228 g/mol. The lowest BCUT2D eigenvalue weighted by molar-refractivity contribution is 0.204.